The lowest BCUT2D eigenvalue weighted by Crippen LogP contribution is -2.46. The molecular formula is C27H33N5O5. The highest BCUT2D eigenvalue weighted by Crippen LogP contribution is 2.29. The van der Waals surface area contributed by atoms with E-state index >= 15 is 0 Å². The number of likely N-dealkylation sites (tertiary alicyclic amines) is 1. The molecule has 0 unspecified atom stereocenters. The quantitative estimate of drug-likeness (QED) is 0.509. The van der Waals surface area contributed by atoms with E-state index in [0.717, 1.165) is 42.9 Å². The van der Waals surface area contributed by atoms with Gasteiger partial charge in [0.2, 0.25) is 17.7 Å². The number of ketones is 1. The van der Waals surface area contributed by atoms with Gasteiger partial charge in [0.15, 0.2) is 5.78 Å². The molecule has 1 aromatic carbocycles. The Bertz CT molecular complexity index is 1170. The molecule has 37 heavy (non-hydrogen) atoms. The van der Waals surface area contributed by atoms with Crippen molar-refractivity contribution in [3.63, 3.8) is 0 Å². The van der Waals surface area contributed by atoms with Crippen LogP contribution in [0.1, 0.15) is 37.5 Å². The van der Waals surface area contributed by atoms with Gasteiger partial charge in [-0.05, 0) is 38.1 Å². The molecule has 4 heterocycles. The van der Waals surface area contributed by atoms with Crippen LogP contribution >= 0.6 is 0 Å². The van der Waals surface area contributed by atoms with Crippen molar-refractivity contribution < 1.29 is 23.5 Å². The minimum absolute atomic E-state index is 0.0153. The van der Waals surface area contributed by atoms with Gasteiger partial charge in [-0.3, -0.25) is 19.5 Å². The third-order valence-electron chi connectivity index (χ3n) is 7.12. The second-order valence-electron chi connectivity index (χ2n) is 9.68. The molecule has 10 nitrogen and oxygen atoms in total. The number of ether oxygens (including phenoxy) is 2. The van der Waals surface area contributed by atoms with Crippen molar-refractivity contribution in [2.45, 2.75) is 31.6 Å². The van der Waals surface area contributed by atoms with Crippen molar-refractivity contribution in [3.8, 4) is 11.5 Å². The first-order valence-corrected chi connectivity index (χ1v) is 12.9. The zero-order valence-corrected chi connectivity index (χ0v) is 21.2. The number of hydrogen-bond acceptors (Lipinski definition) is 9. The number of methoxy groups -OCH3 is 1. The minimum Gasteiger partial charge on any atom is -0.420 e. The van der Waals surface area contributed by atoms with Gasteiger partial charge in [-0.15, -0.1) is 10.2 Å². The fraction of sp³-hybridized carbons (Fsp3) is 0.519. The second kappa shape index (κ2) is 11.9. The Balaban J connectivity index is 1.16. The first kappa shape index (κ1) is 25.4. The lowest BCUT2D eigenvalue weighted by molar-refractivity contribution is -0.132. The highest BCUT2D eigenvalue weighted by atomic mass is 16.5. The van der Waals surface area contributed by atoms with Crippen LogP contribution in [0.2, 0.25) is 0 Å². The number of amides is 1. The predicted molar refractivity (Wildman–Crippen MR) is 136 cm³/mol. The number of hydrogen-bond donors (Lipinski definition) is 0. The third kappa shape index (κ3) is 6.20. The van der Waals surface area contributed by atoms with Crippen LogP contribution in [0, 0.1) is 0 Å². The van der Waals surface area contributed by atoms with Crippen LogP contribution in [-0.2, 0) is 19.1 Å². The summed E-state index contributed by atoms with van der Waals surface area (Å²) < 4.78 is 16.6. The van der Waals surface area contributed by atoms with Gasteiger partial charge < -0.3 is 18.8 Å². The maximum absolute atomic E-state index is 13.3. The number of nitrogens with zero attached hydrogens (tertiary/aromatic N) is 5. The fourth-order valence-electron chi connectivity index (χ4n) is 5.00. The maximum Gasteiger partial charge on any atom is 0.247 e. The Morgan fingerprint density at radius 2 is 2.00 bits per heavy atom. The van der Waals surface area contributed by atoms with E-state index in [2.05, 4.69) is 15.1 Å². The van der Waals surface area contributed by atoms with E-state index in [1.54, 1.807) is 12.0 Å². The highest BCUT2D eigenvalue weighted by Gasteiger charge is 2.30. The normalized spacial score (nSPS) is 19.1. The van der Waals surface area contributed by atoms with Crippen LogP contribution in [0.5, 0.6) is 0 Å². The molecule has 0 N–H and O–H groups in total. The zero-order valence-electron chi connectivity index (χ0n) is 21.2. The number of carbonyl (C=O) groups excluding carboxylic acids is 2. The van der Waals surface area contributed by atoms with Crippen molar-refractivity contribution in [2.75, 3.05) is 59.7 Å². The Hall–Kier alpha value is -3.21. The molecule has 0 aliphatic carbocycles. The number of rotatable bonds is 9. The fourth-order valence-corrected chi connectivity index (χ4v) is 5.00. The summed E-state index contributed by atoms with van der Waals surface area (Å²) in [5.74, 6) is 1.45. The van der Waals surface area contributed by atoms with Gasteiger partial charge in [-0.25, -0.2) is 0 Å². The summed E-state index contributed by atoms with van der Waals surface area (Å²) >= 11 is 0. The van der Waals surface area contributed by atoms with Crippen molar-refractivity contribution in [1.82, 2.24) is 20.0 Å². The number of carbonyl (C=O) groups is 2. The summed E-state index contributed by atoms with van der Waals surface area (Å²) in [6.07, 6.45) is 2.57. The molecule has 1 fully saturated rings. The largest absolute Gasteiger partial charge is 0.420 e. The number of aliphatic imine (C=N–C) groups is 1. The second-order valence-corrected chi connectivity index (χ2v) is 9.68. The zero-order chi connectivity index (χ0) is 25.6. The summed E-state index contributed by atoms with van der Waals surface area (Å²) in [6.45, 7) is 3.99. The van der Waals surface area contributed by atoms with Gasteiger partial charge in [-0.1, -0.05) is 18.2 Å². The van der Waals surface area contributed by atoms with Crippen molar-refractivity contribution in [2.24, 2.45) is 4.99 Å². The third-order valence-corrected chi connectivity index (χ3v) is 7.12. The van der Waals surface area contributed by atoms with E-state index in [1.165, 1.54) is 0 Å². The summed E-state index contributed by atoms with van der Waals surface area (Å²) in [6, 6.07) is 9.76. The van der Waals surface area contributed by atoms with E-state index in [4.69, 9.17) is 18.9 Å². The lowest BCUT2D eigenvalue weighted by Gasteiger charge is -2.32. The molecule has 196 valence electrons. The number of piperidine rings is 1. The van der Waals surface area contributed by atoms with E-state index in [0.29, 0.717) is 63.2 Å². The summed E-state index contributed by atoms with van der Waals surface area (Å²) in [7, 11) is 1.62. The van der Waals surface area contributed by atoms with Gasteiger partial charge in [0.05, 0.1) is 45.0 Å². The molecule has 1 amide bonds. The van der Waals surface area contributed by atoms with Crippen molar-refractivity contribution >= 4 is 17.4 Å². The Kier molecular flexibility index (Phi) is 8.18. The molecule has 2 aromatic rings. The van der Waals surface area contributed by atoms with E-state index < -0.39 is 0 Å². The first-order valence-electron chi connectivity index (χ1n) is 12.9. The molecule has 0 spiro atoms. The van der Waals surface area contributed by atoms with Gasteiger partial charge in [0.1, 0.15) is 0 Å². The van der Waals surface area contributed by atoms with Crippen LogP contribution < -0.4 is 0 Å². The molecule has 0 saturated carbocycles. The van der Waals surface area contributed by atoms with Crippen LogP contribution in [-0.4, -0.2) is 97.1 Å². The van der Waals surface area contributed by atoms with Crippen LogP contribution in [0.15, 0.2) is 51.0 Å². The van der Waals surface area contributed by atoms with Gasteiger partial charge in [-0.2, -0.15) is 0 Å². The van der Waals surface area contributed by atoms with E-state index in [1.807, 2.05) is 30.3 Å². The Labute approximate surface area is 216 Å². The molecule has 10 heteroatoms. The summed E-state index contributed by atoms with van der Waals surface area (Å²) in [5, 5.41) is 8.51. The predicted octanol–water partition coefficient (Wildman–Crippen LogP) is 2.48. The average molecular weight is 508 g/mol. The van der Waals surface area contributed by atoms with Crippen molar-refractivity contribution in [3.05, 3.63) is 47.5 Å². The number of aromatic nitrogens is 2. The summed E-state index contributed by atoms with van der Waals surface area (Å²) in [5.41, 5.74) is 3.15. The monoisotopic (exact) mass is 507 g/mol. The van der Waals surface area contributed by atoms with E-state index in [9.17, 15) is 9.59 Å². The number of benzene rings is 1. The summed E-state index contributed by atoms with van der Waals surface area (Å²) in [4.78, 5) is 34.5. The Morgan fingerprint density at radius 3 is 2.78 bits per heavy atom. The minimum atomic E-state index is 0.0153. The molecule has 5 rings (SSSR count). The molecule has 1 aromatic heterocycles. The first-order chi connectivity index (χ1) is 18.1. The number of Topliss-reactive ketones (excluding diaryl/α,β-unsaturated/α-hetero) is 1. The van der Waals surface area contributed by atoms with Gasteiger partial charge >= 0.3 is 0 Å². The topological polar surface area (TPSA) is 110 Å². The molecule has 1 saturated heterocycles. The molecule has 0 atom stereocenters. The molecule has 3 aliphatic rings. The van der Waals surface area contributed by atoms with Gasteiger partial charge in [0, 0.05) is 42.8 Å². The van der Waals surface area contributed by atoms with Crippen LogP contribution in [0.4, 0.5) is 0 Å². The highest BCUT2D eigenvalue weighted by molar-refractivity contribution is 6.13. The van der Waals surface area contributed by atoms with Crippen molar-refractivity contribution in [1.29, 1.82) is 0 Å². The SMILES string of the molecule is COCCN(CC1=NC2=C(COCC2)C(=O)C1)C(=O)CN1CCC(c2nnc(-c3ccccc3)o2)CC1. The molecule has 0 bridgehead atoms. The van der Waals surface area contributed by atoms with Gasteiger partial charge in [0.25, 0.3) is 0 Å². The molecule has 0 radical (unpaired) electrons. The maximum atomic E-state index is 13.3. The molecular weight excluding hydrogens is 474 g/mol. The standard InChI is InChI=1S/C27H33N5O5/c1-35-14-12-32(16-21-15-24(33)22-18-36-13-9-23(22)28-21)25(34)17-31-10-7-20(8-11-31)27-30-29-26(37-27)19-5-3-2-4-6-19/h2-6,20H,7-18H2,1H3. The van der Waals surface area contributed by atoms with Crippen LogP contribution in [0.3, 0.4) is 0 Å². The van der Waals surface area contributed by atoms with Crippen LogP contribution in [0.25, 0.3) is 11.5 Å². The smallest absolute Gasteiger partial charge is 0.247 e. The lowest BCUT2D eigenvalue weighted by atomic mass is 9.96. The van der Waals surface area contributed by atoms with E-state index in [-0.39, 0.29) is 24.0 Å². The molecule has 3 aliphatic heterocycles. The Morgan fingerprint density at radius 1 is 1.19 bits per heavy atom. The average Bonchev–Trinajstić information content (AvgIpc) is 3.42.